The van der Waals surface area contributed by atoms with Crippen LogP contribution in [0.3, 0.4) is 0 Å². The predicted molar refractivity (Wildman–Crippen MR) is 124 cm³/mol. The van der Waals surface area contributed by atoms with Crippen molar-refractivity contribution in [1.29, 1.82) is 0 Å². The van der Waals surface area contributed by atoms with E-state index < -0.39 is 52.7 Å². The quantitative estimate of drug-likeness (QED) is 0.345. The van der Waals surface area contributed by atoms with Gasteiger partial charge in [-0.15, -0.1) is 0 Å². The fraction of sp³-hybridized carbons (Fsp3) is 0.500. The third-order valence-corrected chi connectivity index (χ3v) is 6.13. The van der Waals surface area contributed by atoms with E-state index in [4.69, 9.17) is 4.74 Å². The van der Waals surface area contributed by atoms with Gasteiger partial charge in [0.05, 0.1) is 49.3 Å². The lowest BCUT2D eigenvalue weighted by molar-refractivity contribution is -0.138. The highest BCUT2D eigenvalue weighted by molar-refractivity contribution is 6.03. The molecule has 0 spiro atoms. The molecule has 1 saturated heterocycles. The number of H-pyrrole nitrogens is 1. The number of pyridine rings is 1. The van der Waals surface area contributed by atoms with Crippen molar-refractivity contribution in [1.82, 2.24) is 20.1 Å². The van der Waals surface area contributed by atoms with E-state index in [1.54, 1.807) is 10.00 Å². The summed E-state index contributed by atoms with van der Waals surface area (Å²) in [6, 6.07) is -0.683. The molecule has 4 rings (SSSR count). The van der Waals surface area contributed by atoms with Crippen LogP contribution in [-0.2, 0) is 26.7 Å². The third-order valence-electron chi connectivity index (χ3n) is 6.13. The summed E-state index contributed by atoms with van der Waals surface area (Å²) in [5.41, 5.74) is -4.35. The molecule has 0 aromatic carbocycles. The molecule has 3 N–H and O–H groups in total. The topological polar surface area (TPSA) is 133 Å². The molecule has 11 nitrogen and oxygen atoms in total. The summed E-state index contributed by atoms with van der Waals surface area (Å²) in [6.45, 7) is 1.72. The van der Waals surface area contributed by atoms with Gasteiger partial charge >= 0.3 is 12.4 Å². The number of piperazine rings is 1. The molecule has 2 aromatic heterocycles. The Labute approximate surface area is 216 Å². The van der Waals surface area contributed by atoms with Crippen LogP contribution < -0.4 is 21.1 Å². The summed E-state index contributed by atoms with van der Waals surface area (Å²) in [4.78, 5) is 43.7. The maximum absolute atomic E-state index is 13.2. The highest BCUT2D eigenvalue weighted by Gasteiger charge is 2.41. The van der Waals surface area contributed by atoms with E-state index >= 15 is 0 Å². The Kier molecular flexibility index (Phi) is 7.72. The number of anilines is 3. The van der Waals surface area contributed by atoms with Gasteiger partial charge in [0.15, 0.2) is 5.82 Å². The number of aromatic nitrogens is 3. The molecule has 0 saturated carbocycles. The molecule has 2 unspecified atom stereocenters. The zero-order valence-electron chi connectivity index (χ0n) is 20.3. The Morgan fingerprint density at radius 3 is 2.62 bits per heavy atom. The Balaban J connectivity index is 1.27. The van der Waals surface area contributed by atoms with Crippen LogP contribution in [0.15, 0.2) is 23.3 Å². The standard InChI is InChI=1S/C22H23F6N7O4/c1-11(31-14-8-30-33-20(38)17(14)22(26,27)28)10-39-5-2-16(36)34-3-4-35-15(9-34)19(37)32-13-6-12(21(23,24)25)7-29-18(13)35/h6-8,11,15H,2-5,9-10H2,1H3,(H,32,37)(H2,31,33,38). The van der Waals surface area contributed by atoms with Crippen molar-refractivity contribution < 1.29 is 40.7 Å². The predicted octanol–water partition coefficient (Wildman–Crippen LogP) is 2.08. The molecule has 1 fully saturated rings. The molecule has 0 aliphatic carbocycles. The lowest BCUT2D eigenvalue weighted by Crippen LogP contribution is -2.61. The van der Waals surface area contributed by atoms with E-state index in [-0.39, 0.29) is 56.7 Å². The monoisotopic (exact) mass is 563 g/mol. The summed E-state index contributed by atoms with van der Waals surface area (Å²) in [5.74, 6) is -0.717. The van der Waals surface area contributed by atoms with Crippen molar-refractivity contribution in [3.8, 4) is 0 Å². The minimum absolute atomic E-state index is 0.0134. The van der Waals surface area contributed by atoms with Gasteiger partial charge in [0, 0.05) is 25.3 Å². The SMILES string of the molecule is CC(COCCC(=O)N1CCN2c3ncc(C(F)(F)F)cc3NC(=O)C2C1)Nc1cn[nH]c(=O)c1C(F)(F)F. The summed E-state index contributed by atoms with van der Waals surface area (Å²) in [5, 5.41) is 10.1. The number of alkyl halides is 6. The van der Waals surface area contributed by atoms with E-state index in [0.717, 1.165) is 12.3 Å². The normalized spacial score (nSPS) is 18.2. The maximum Gasteiger partial charge on any atom is 0.423 e. The van der Waals surface area contributed by atoms with Gasteiger partial charge in [0.1, 0.15) is 11.6 Å². The summed E-state index contributed by atoms with van der Waals surface area (Å²) in [7, 11) is 0. The van der Waals surface area contributed by atoms with Gasteiger partial charge in [-0.25, -0.2) is 10.1 Å². The summed E-state index contributed by atoms with van der Waals surface area (Å²) in [6.07, 6.45) is -8.06. The first kappa shape index (κ1) is 28.1. The van der Waals surface area contributed by atoms with Gasteiger partial charge < -0.3 is 25.2 Å². The Hall–Kier alpha value is -3.89. The van der Waals surface area contributed by atoms with Gasteiger partial charge in [-0.1, -0.05) is 0 Å². The molecule has 39 heavy (non-hydrogen) atoms. The average molecular weight is 563 g/mol. The number of hydrogen-bond acceptors (Lipinski definition) is 8. The lowest BCUT2D eigenvalue weighted by Gasteiger charge is -2.44. The molecule has 2 aliphatic rings. The van der Waals surface area contributed by atoms with Crippen LogP contribution in [0.25, 0.3) is 0 Å². The van der Waals surface area contributed by atoms with Crippen molar-refractivity contribution in [2.75, 3.05) is 48.4 Å². The molecule has 2 aromatic rings. The zero-order chi connectivity index (χ0) is 28.5. The number of aromatic amines is 1. The van der Waals surface area contributed by atoms with Gasteiger partial charge in [-0.05, 0) is 13.0 Å². The number of carbonyl (C=O) groups is 2. The molecule has 212 valence electrons. The fourth-order valence-electron chi connectivity index (χ4n) is 4.31. The van der Waals surface area contributed by atoms with Crippen molar-refractivity contribution >= 4 is 29.0 Å². The lowest BCUT2D eigenvalue weighted by atomic mass is 10.1. The number of ether oxygens (including phenoxy) is 1. The average Bonchev–Trinajstić information content (AvgIpc) is 2.84. The van der Waals surface area contributed by atoms with E-state index in [1.165, 1.54) is 11.8 Å². The van der Waals surface area contributed by atoms with Crippen molar-refractivity contribution in [2.45, 2.75) is 37.8 Å². The van der Waals surface area contributed by atoms with Crippen LogP contribution in [0.5, 0.6) is 0 Å². The number of nitrogens with zero attached hydrogens (tertiary/aromatic N) is 4. The zero-order valence-corrected chi connectivity index (χ0v) is 20.3. The van der Waals surface area contributed by atoms with E-state index in [9.17, 15) is 40.7 Å². The molecule has 0 bridgehead atoms. The number of hydrogen-bond donors (Lipinski definition) is 3. The van der Waals surface area contributed by atoms with Crippen LogP contribution in [-0.4, -0.2) is 76.8 Å². The Morgan fingerprint density at radius 2 is 1.92 bits per heavy atom. The first-order valence-corrected chi connectivity index (χ1v) is 11.7. The number of nitrogens with one attached hydrogen (secondary N) is 3. The van der Waals surface area contributed by atoms with E-state index in [0.29, 0.717) is 6.20 Å². The highest BCUT2D eigenvalue weighted by Crippen LogP contribution is 2.37. The first-order valence-electron chi connectivity index (χ1n) is 11.7. The molecule has 2 amide bonds. The summed E-state index contributed by atoms with van der Waals surface area (Å²) >= 11 is 0. The van der Waals surface area contributed by atoms with Crippen molar-refractivity contribution in [2.24, 2.45) is 0 Å². The molecule has 2 atom stereocenters. The van der Waals surface area contributed by atoms with Crippen molar-refractivity contribution in [3.05, 3.63) is 39.9 Å². The molecule has 17 heteroatoms. The Morgan fingerprint density at radius 1 is 1.18 bits per heavy atom. The smallest absolute Gasteiger partial charge is 0.379 e. The minimum Gasteiger partial charge on any atom is -0.379 e. The van der Waals surface area contributed by atoms with Gasteiger partial charge in [-0.3, -0.25) is 14.4 Å². The maximum atomic E-state index is 13.2. The highest BCUT2D eigenvalue weighted by atomic mass is 19.4. The number of amides is 2. The Bertz CT molecular complexity index is 1300. The number of rotatable bonds is 7. The minimum atomic E-state index is -4.89. The first-order chi connectivity index (χ1) is 18.3. The fourth-order valence-corrected chi connectivity index (χ4v) is 4.31. The summed E-state index contributed by atoms with van der Waals surface area (Å²) < 4.78 is 83.9. The van der Waals surface area contributed by atoms with E-state index in [2.05, 4.69) is 20.7 Å². The third kappa shape index (κ3) is 6.23. The van der Waals surface area contributed by atoms with Crippen LogP contribution in [0.4, 0.5) is 43.5 Å². The molecule has 4 heterocycles. The van der Waals surface area contributed by atoms with Crippen LogP contribution in [0.1, 0.15) is 24.5 Å². The second-order valence-electron chi connectivity index (χ2n) is 8.99. The molecule has 2 aliphatic heterocycles. The molecular weight excluding hydrogens is 540 g/mol. The van der Waals surface area contributed by atoms with Crippen LogP contribution in [0.2, 0.25) is 0 Å². The largest absolute Gasteiger partial charge is 0.423 e. The number of halogens is 6. The second-order valence-corrected chi connectivity index (χ2v) is 8.99. The van der Waals surface area contributed by atoms with Crippen LogP contribution >= 0.6 is 0 Å². The second kappa shape index (κ2) is 10.7. The van der Waals surface area contributed by atoms with Gasteiger partial charge in [0.2, 0.25) is 11.8 Å². The molecular formula is C22H23F6N7O4. The van der Waals surface area contributed by atoms with Crippen LogP contribution in [0, 0.1) is 0 Å². The van der Waals surface area contributed by atoms with E-state index in [1.807, 2.05) is 0 Å². The molecule has 0 radical (unpaired) electrons. The van der Waals surface area contributed by atoms with Gasteiger partial charge in [0.25, 0.3) is 5.56 Å². The van der Waals surface area contributed by atoms with Gasteiger partial charge in [-0.2, -0.15) is 31.4 Å². The van der Waals surface area contributed by atoms with Crippen molar-refractivity contribution in [3.63, 3.8) is 0 Å². The number of fused-ring (bicyclic) bond motifs is 3. The number of carbonyl (C=O) groups excluding carboxylic acids is 2.